The van der Waals surface area contributed by atoms with Gasteiger partial charge in [0.2, 0.25) is 0 Å². The first-order valence-corrected chi connectivity index (χ1v) is 8.78. The normalized spacial score (nSPS) is 18.9. The average molecular weight is 342 g/mol. The van der Waals surface area contributed by atoms with Crippen molar-refractivity contribution in [2.75, 3.05) is 24.9 Å². The van der Waals surface area contributed by atoms with Crippen LogP contribution in [0.5, 0.6) is 11.5 Å². The number of rotatable bonds is 4. The highest BCUT2D eigenvalue weighted by atomic mass is 32.2. The van der Waals surface area contributed by atoms with E-state index in [1.165, 1.54) is 4.90 Å². The minimum absolute atomic E-state index is 0.178. The first kappa shape index (κ1) is 16.3. The number of anilines is 1. The van der Waals surface area contributed by atoms with Gasteiger partial charge >= 0.3 is 0 Å². The summed E-state index contributed by atoms with van der Waals surface area (Å²) < 4.78 is 17.9. The van der Waals surface area contributed by atoms with Crippen LogP contribution in [0, 0.1) is 0 Å². The Balaban J connectivity index is 1.77. The van der Waals surface area contributed by atoms with E-state index in [1.54, 1.807) is 49.5 Å². The molecule has 0 aliphatic carbocycles. The summed E-state index contributed by atoms with van der Waals surface area (Å²) in [5.74, 6) is 1.39. The Hall–Kier alpha value is -2.60. The Morgan fingerprint density at radius 2 is 1.67 bits per heavy atom. The zero-order chi connectivity index (χ0) is 17.1. The molecule has 0 aromatic heterocycles. The van der Waals surface area contributed by atoms with Gasteiger partial charge in [-0.3, -0.25) is 13.9 Å². The molecule has 0 spiro atoms. The summed E-state index contributed by atoms with van der Waals surface area (Å²) in [4.78, 5) is 16.0. The number of ether oxygens (including phenoxy) is 1. The predicted octanol–water partition coefficient (Wildman–Crippen LogP) is 2.93. The largest absolute Gasteiger partial charge is 0.457 e. The lowest BCUT2D eigenvalue weighted by molar-refractivity contribution is -0.114. The van der Waals surface area contributed by atoms with E-state index in [0.717, 1.165) is 5.75 Å². The van der Waals surface area contributed by atoms with Gasteiger partial charge in [-0.25, -0.2) is 0 Å². The smallest absolute Gasteiger partial charge is 0.269 e. The van der Waals surface area contributed by atoms with Crippen molar-refractivity contribution in [3.05, 3.63) is 65.7 Å². The van der Waals surface area contributed by atoms with E-state index in [-0.39, 0.29) is 11.8 Å². The van der Waals surface area contributed by atoms with Crippen molar-refractivity contribution in [2.45, 2.75) is 0 Å². The Kier molecular flexibility index (Phi) is 4.66. The molecular weight excluding hydrogens is 324 g/mol. The zero-order valence-corrected chi connectivity index (χ0v) is 14.3. The molecular formula is C18H18N2O3S. The van der Waals surface area contributed by atoms with Crippen molar-refractivity contribution in [3.8, 4) is 11.5 Å². The molecule has 3 rings (SSSR count). The van der Waals surface area contributed by atoms with Crippen LogP contribution in [-0.4, -0.2) is 35.0 Å². The standard InChI is InChI=1S/C18H18N2O3S/c1-19(2)12-17-18(21)20(13-24(17)22)14-8-10-16(11-9-14)23-15-6-4-3-5-7-15/h3-12H,13H2,1-2H3/b17-12+. The molecule has 124 valence electrons. The minimum atomic E-state index is -1.31. The average Bonchev–Trinajstić information content (AvgIpc) is 2.84. The third kappa shape index (κ3) is 3.49. The zero-order valence-electron chi connectivity index (χ0n) is 13.5. The van der Waals surface area contributed by atoms with Crippen LogP contribution in [0.1, 0.15) is 0 Å². The van der Waals surface area contributed by atoms with Gasteiger partial charge in [0.1, 0.15) is 22.3 Å². The molecule has 0 saturated carbocycles. The summed E-state index contributed by atoms with van der Waals surface area (Å²) in [6, 6.07) is 16.7. The molecule has 0 radical (unpaired) electrons. The highest BCUT2D eigenvalue weighted by molar-refractivity contribution is 7.90. The molecule has 0 bridgehead atoms. The van der Waals surface area contributed by atoms with Crippen molar-refractivity contribution in [2.24, 2.45) is 0 Å². The number of benzene rings is 2. The summed E-state index contributed by atoms with van der Waals surface area (Å²) in [5, 5.41) is 0. The summed E-state index contributed by atoms with van der Waals surface area (Å²) in [5.41, 5.74) is 0.705. The number of carbonyl (C=O) groups excluding carboxylic acids is 1. The maximum Gasteiger partial charge on any atom is 0.269 e. The molecule has 2 aromatic carbocycles. The van der Waals surface area contributed by atoms with Gasteiger partial charge < -0.3 is 9.64 Å². The summed E-state index contributed by atoms with van der Waals surface area (Å²) in [6.45, 7) is 0. The number of carbonyl (C=O) groups is 1. The SMILES string of the molecule is CN(C)/C=C1\C(=O)N(c2ccc(Oc3ccccc3)cc2)CS1=O. The molecule has 1 aliphatic rings. The van der Waals surface area contributed by atoms with E-state index in [9.17, 15) is 9.00 Å². The predicted molar refractivity (Wildman–Crippen MR) is 95.2 cm³/mol. The number of hydrogen-bond acceptors (Lipinski definition) is 4. The molecule has 6 heteroatoms. The monoisotopic (exact) mass is 342 g/mol. The fraction of sp³-hybridized carbons (Fsp3) is 0.167. The maximum absolute atomic E-state index is 12.4. The van der Waals surface area contributed by atoms with Crippen LogP contribution in [0.4, 0.5) is 5.69 Å². The Morgan fingerprint density at radius 3 is 2.29 bits per heavy atom. The van der Waals surface area contributed by atoms with Gasteiger partial charge in [0.15, 0.2) is 0 Å². The molecule has 1 amide bonds. The third-order valence-electron chi connectivity index (χ3n) is 3.45. The summed E-state index contributed by atoms with van der Waals surface area (Å²) in [7, 11) is 2.29. The van der Waals surface area contributed by atoms with E-state index < -0.39 is 10.8 Å². The lowest BCUT2D eigenvalue weighted by atomic mass is 10.2. The van der Waals surface area contributed by atoms with Crippen LogP contribution in [-0.2, 0) is 15.6 Å². The van der Waals surface area contributed by atoms with Gasteiger partial charge in [0.25, 0.3) is 5.91 Å². The summed E-state index contributed by atoms with van der Waals surface area (Å²) in [6.07, 6.45) is 1.62. The molecule has 24 heavy (non-hydrogen) atoms. The van der Waals surface area contributed by atoms with Crippen LogP contribution in [0.15, 0.2) is 65.7 Å². The molecule has 1 atom stereocenters. The van der Waals surface area contributed by atoms with E-state index in [0.29, 0.717) is 16.3 Å². The van der Waals surface area contributed by atoms with Gasteiger partial charge in [-0.05, 0) is 36.4 Å². The van der Waals surface area contributed by atoms with Crippen LogP contribution >= 0.6 is 0 Å². The van der Waals surface area contributed by atoms with Crippen molar-refractivity contribution in [1.82, 2.24) is 4.90 Å². The van der Waals surface area contributed by atoms with Gasteiger partial charge in [0.05, 0.1) is 10.8 Å². The first-order valence-electron chi connectivity index (χ1n) is 7.46. The molecule has 2 aromatic rings. The second-order valence-electron chi connectivity index (χ2n) is 5.57. The minimum Gasteiger partial charge on any atom is -0.457 e. The topological polar surface area (TPSA) is 49.9 Å². The number of nitrogens with zero attached hydrogens (tertiary/aromatic N) is 2. The fourth-order valence-electron chi connectivity index (χ4n) is 2.33. The van der Waals surface area contributed by atoms with Crippen molar-refractivity contribution >= 4 is 22.4 Å². The van der Waals surface area contributed by atoms with E-state index >= 15 is 0 Å². The quantitative estimate of drug-likeness (QED) is 0.802. The van der Waals surface area contributed by atoms with Gasteiger partial charge in [-0.1, -0.05) is 18.2 Å². The molecule has 1 aliphatic heterocycles. The van der Waals surface area contributed by atoms with E-state index in [1.807, 2.05) is 30.3 Å². The molecule has 1 unspecified atom stereocenters. The fourth-order valence-corrected chi connectivity index (χ4v) is 3.61. The Bertz CT molecular complexity index is 786. The Morgan fingerprint density at radius 1 is 1.04 bits per heavy atom. The van der Waals surface area contributed by atoms with Crippen LogP contribution in [0.2, 0.25) is 0 Å². The second-order valence-corrected chi connectivity index (χ2v) is 6.96. The van der Waals surface area contributed by atoms with E-state index in [2.05, 4.69) is 0 Å². The molecule has 1 heterocycles. The number of para-hydroxylation sites is 1. The van der Waals surface area contributed by atoms with Crippen molar-refractivity contribution < 1.29 is 13.7 Å². The summed E-state index contributed by atoms with van der Waals surface area (Å²) >= 11 is 0. The third-order valence-corrected chi connectivity index (χ3v) is 4.71. The highest BCUT2D eigenvalue weighted by Gasteiger charge is 2.33. The first-order chi connectivity index (χ1) is 11.5. The van der Waals surface area contributed by atoms with Crippen LogP contribution in [0.3, 0.4) is 0 Å². The highest BCUT2D eigenvalue weighted by Crippen LogP contribution is 2.28. The lowest BCUT2D eigenvalue weighted by Crippen LogP contribution is -2.24. The van der Waals surface area contributed by atoms with Crippen molar-refractivity contribution in [1.29, 1.82) is 0 Å². The Labute approximate surface area is 143 Å². The molecule has 0 N–H and O–H groups in total. The molecule has 5 nitrogen and oxygen atoms in total. The van der Waals surface area contributed by atoms with Crippen LogP contribution in [0.25, 0.3) is 0 Å². The van der Waals surface area contributed by atoms with E-state index in [4.69, 9.17) is 4.74 Å². The second kappa shape index (κ2) is 6.88. The van der Waals surface area contributed by atoms with Gasteiger partial charge in [-0.15, -0.1) is 0 Å². The number of hydrogen-bond donors (Lipinski definition) is 0. The van der Waals surface area contributed by atoms with Crippen LogP contribution < -0.4 is 9.64 Å². The van der Waals surface area contributed by atoms with Gasteiger partial charge in [-0.2, -0.15) is 0 Å². The number of amides is 1. The molecule has 1 fully saturated rings. The molecule has 1 saturated heterocycles. The van der Waals surface area contributed by atoms with Gasteiger partial charge in [0, 0.05) is 26.0 Å². The maximum atomic E-state index is 12.4. The van der Waals surface area contributed by atoms with Crippen molar-refractivity contribution in [3.63, 3.8) is 0 Å². The lowest BCUT2D eigenvalue weighted by Gasteiger charge is -2.15.